The van der Waals surface area contributed by atoms with Crippen LogP contribution in [0.3, 0.4) is 0 Å². The fraction of sp³-hybridized carbons (Fsp3) is 0.900. The zero-order valence-corrected chi connectivity index (χ0v) is 10.8. The molecule has 0 saturated heterocycles. The van der Waals surface area contributed by atoms with Crippen molar-refractivity contribution in [1.82, 2.24) is 5.32 Å². The molecule has 2 atom stereocenters. The Morgan fingerprint density at radius 1 is 1.44 bits per heavy atom. The number of amides is 1. The molecule has 0 heterocycles. The molecule has 0 fully saturated rings. The summed E-state index contributed by atoms with van der Waals surface area (Å²) in [5, 5.41) is 23.4. The number of rotatable bonds is 3. The van der Waals surface area contributed by atoms with E-state index in [0.717, 1.165) is 0 Å². The van der Waals surface area contributed by atoms with E-state index in [9.17, 15) is 15.1 Å². The predicted molar refractivity (Wildman–Crippen MR) is 60.3 cm³/mol. The maximum Gasteiger partial charge on any atom is 0.408 e. The van der Waals surface area contributed by atoms with Gasteiger partial charge in [-0.25, -0.2) is 4.79 Å². The molecule has 0 aliphatic rings. The fourth-order valence-corrected chi connectivity index (χ4v) is 1.11. The highest BCUT2D eigenvalue weighted by atomic mass is 16.6. The molecule has 0 spiro atoms. The van der Waals surface area contributed by atoms with Crippen LogP contribution in [0.1, 0.15) is 27.7 Å². The van der Waals surface area contributed by atoms with Gasteiger partial charge in [-0.2, -0.15) is 0 Å². The van der Waals surface area contributed by atoms with Crippen LogP contribution in [0.25, 0.3) is 0 Å². The molecule has 0 rings (SSSR count). The number of alkyl carbamates (subject to hydrolysis) is 1. The lowest BCUT2D eigenvalue weighted by atomic mass is 10.2. The molecule has 0 aromatic heterocycles. The molecule has 1 amide bonds. The lowest BCUT2D eigenvalue weighted by molar-refractivity contribution is -0.892. The number of carbonyl (C=O) groups is 1. The number of hydrogen-bond acceptors (Lipinski definition) is 4. The van der Waals surface area contributed by atoms with Crippen molar-refractivity contribution in [1.29, 1.82) is 0 Å². The quantitative estimate of drug-likeness (QED) is 0.430. The highest BCUT2D eigenvalue weighted by Gasteiger charge is 2.27. The summed E-state index contributed by atoms with van der Waals surface area (Å²) < 4.78 is 4.11. The molecular formula is C10H22N2O4. The van der Waals surface area contributed by atoms with E-state index in [2.05, 4.69) is 5.32 Å². The van der Waals surface area contributed by atoms with Crippen molar-refractivity contribution in [2.75, 3.05) is 14.1 Å². The maximum absolute atomic E-state index is 11.4. The van der Waals surface area contributed by atoms with Crippen LogP contribution in [-0.2, 0) is 4.74 Å². The van der Waals surface area contributed by atoms with Crippen LogP contribution in [0.5, 0.6) is 0 Å². The predicted octanol–water partition coefficient (Wildman–Crippen LogP) is 0.792. The van der Waals surface area contributed by atoms with Gasteiger partial charge < -0.3 is 25.0 Å². The number of hydrogen-bond donors (Lipinski definition) is 2. The largest absolute Gasteiger partial charge is 0.631 e. The second-order valence-electron chi connectivity index (χ2n) is 5.28. The van der Waals surface area contributed by atoms with Gasteiger partial charge in [-0.3, -0.25) is 0 Å². The normalized spacial score (nSPS) is 16.5. The van der Waals surface area contributed by atoms with Gasteiger partial charge in [0.2, 0.25) is 6.23 Å². The Labute approximate surface area is 96.4 Å². The minimum absolute atomic E-state index is 0.601. The maximum atomic E-state index is 11.4. The third-order valence-corrected chi connectivity index (χ3v) is 1.83. The monoisotopic (exact) mass is 234 g/mol. The summed E-state index contributed by atoms with van der Waals surface area (Å²) in [5.74, 6) is 0. The van der Waals surface area contributed by atoms with E-state index < -0.39 is 28.6 Å². The van der Waals surface area contributed by atoms with Gasteiger partial charge in [0, 0.05) is 0 Å². The Balaban J connectivity index is 4.26. The number of nitrogens with zero attached hydrogens (tertiary/aromatic N) is 1. The van der Waals surface area contributed by atoms with Crippen molar-refractivity contribution in [2.45, 2.75) is 45.6 Å². The Kier molecular flexibility index (Phi) is 4.72. The third kappa shape index (κ3) is 5.89. The van der Waals surface area contributed by atoms with Gasteiger partial charge in [-0.1, -0.05) is 0 Å². The number of likely N-dealkylation sites (N-methyl/N-ethyl adjacent to an activating group) is 1. The first-order valence-corrected chi connectivity index (χ1v) is 5.16. The van der Waals surface area contributed by atoms with Gasteiger partial charge in [0.25, 0.3) is 0 Å². The Morgan fingerprint density at radius 3 is 2.19 bits per heavy atom. The summed E-state index contributed by atoms with van der Waals surface area (Å²) in [6.07, 6.45) is -1.87. The van der Waals surface area contributed by atoms with Crippen LogP contribution in [0, 0.1) is 5.21 Å². The molecule has 6 heteroatoms. The summed E-state index contributed by atoms with van der Waals surface area (Å²) in [5.41, 5.74) is -0.601. The van der Waals surface area contributed by atoms with Crippen molar-refractivity contribution in [3.63, 3.8) is 0 Å². The first-order chi connectivity index (χ1) is 6.93. The number of nitrogens with one attached hydrogen (secondary N) is 1. The van der Waals surface area contributed by atoms with Gasteiger partial charge in [0.05, 0.1) is 14.1 Å². The Bertz CT molecular complexity index is 242. The van der Waals surface area contributed by atoms with Crippen LogP contribution in [0.2, 0.25) is 0 Å². The summed E-state index contributed by atoms with van der Waals surface area (Å²) in [6.45, 7) is 6.76. The van der Waals surface area contributed by atoms with E-state index >= 15 is 0 Å². The van der Waals surface area contributed by atoms with E-state index in [1.165, 1.54) is 14.1 Å². The average molecular weight is 234 g/mol. The van der Waals surface area contributed by atoms with Crippen LogP contribution in [-0.4, -0.2) is 47.8 Å². The number of aliphatic hydroxyl groups is 1. The van der Waals surface area contributed by atoms with Gasteiger partial charge in [-0.15, -0.1) is 0 Å². The zero-order valence-electron chi connectivity index (χ0n) is 10.8. The van der Waals surface area contributed by atoms with E-state index in [1.54, 1.807) is 27.7 Å². The number of ether oxygens (including phenoxy) is 1. The van der Waals surface area contributed by atoms with Gasteiger partial charge in [0.1, 0.15) is 11.6 Å². The molecule has 0 radical (unpaired) electrons. The molecule has 1 unspecified atom stereocenters. The molecule has 16 heavy (non-hydrogen) atoms. The number of hydroxylamine groups is 3. The Hall–Kier alpha value is -0.850. The molecule has 6 nitrogen and oxygen atoms in total. The zero-order chi connectivity index (χ0) is 13.1. The Morgan fingerprint density at radius 2 is 1.88 bits per heavy atom. The molecular weight excluding hydrogens is 212 g/mol. The lowest BCUT2D eigenvalue weighted by Crippen LogP contribution is -2.55. The highest BCUT2D eigenvalue weighted by molar-refractivity contribution is 5.68. The number of carbonyl (C=O) groups excluding carboxylic acids is 1. The standard InChI is InChI=1S/C10H22N2O4/c1-7(8(13)12(5,6)15)11-9(14)16-10(2,3)4/h7-8,13H,1-6H3,(H,11,14)/t7-,8?/m0/s1. The van der Waals surface area contributed by atoms with Gasteiger partial charge in [0.15, 0.2) is 0 Å². The van der Waals surface area contributed by atoms with E-state index in [4.69, 9.17) is 4.74 Å². The molecule has 0 aliphatic heterocycles. The van der Waals surface area contributed by atoms with Crippen molar-refractivity contribution in [3.05, 3.63) is 5.21 Å². The topological polar surface area (TPSA) is 81.6 Å². The van der Waals surface area contributed by atoms with Crippen molar-refractivity contribution in [2.24, 2.45) is 0 Å². The molecule has 0 saturated carbocycles. The summed E-state index contributed by atoms with van der Waals surface area (Å²) in [4.78, 5) is 11.3. The molecule has 0 aliphatic carbocycles. The smallest absolute Gasteiger partial charge is 0.408 e. The van der Waals surface area contributed by atoms with E-state index in [1.807, 2.05) is 0 Å². The van der Waals surface area contributed by atoms with Crippen LogP contribution < -0.4 is 5.32 Å². The SMILES string of the molecule is C[C@H](NC(=O)OC(C)(C)C)C(O)[N+](C)(C)[O-]. The molecule has 2 N–H and O–H groups in total. The summed E-state index contributed by atoms with van der Waals surface area (Å²) in [7, 11) is 2.61. The minimum Gasteiger partial charge on any atom is -0.631 e. The number of aliphatic hydroxyl groups excluding tert-OH is 1. The van der Waals surface area contributed by atoms with Gasteiger partial charge in [-0.05, 0) is 27.7 Å². The minimum atomic E-state index is -1.23. The molecule has 0 aromatic carbocycles. The van der Waals surface area contributed by atoms with Crippen LogP contribution >= 0.6 is 0 Å². The second-order valence-corrected chi connectivity index (χ2v) is 5.28. The molecule has 96 valence electrons. The van der Waals surface area contributed by atoms with Crippen LogP contribution in [0.4, 0.5) is 4.79 Å². The first-order valence-electron chi connectivity index (χ1n) is 5.16. The molecule has 0 aromatic rings. The third-order valence-electron chi connectivity index (χ3n) is 1.83. The average Bonchev–Trinajstić information content (AvgIpc) is 1.96. The van der Waals surface area contributed by atoms with E-state index in [-0.39, 0.29) is 0 Å². The summed E-state index contributed by atoms with van der Waals surface area (Å²) in [6, 6.07) is -0.678. The summed E-state index contributed by atoms with van der Waals surface area (Å²) >= 11 is 0. The highest BCUT2D eigenvalue weighted by Crippen LogP contribution is 2.09. The lowest BCUT2D eigenvalue weighted by Gasteiger charge is -2.41. The van der Waals surface area contributed by atoms with E-state index in [0.29, 0.717) is 0 Å². The molecule has 0 bridgehead atoms. The first kappa shape index (κ1) is 15.2. The van der Waals surface area contributed by atoms with Crippen molar-refractivity contribution in [3.8, 4) is 0 Å². The van der Waals surface area contributed by atoms with Crippen LogP contribution in [0.15, 0.2) is 0 Å². The fourth-order valence-electron chi connectivity index (χ4n) is 1.11. The van der Waals surface area contributed by atoms with Gasteiger partial charge >= 0.3 is 6.09 Å². The van der Waals surface area contributed by atoms with Crippen molar-refractivity contribution >= 4 is 6.09 Å². The number of quaternary nitrogens is 1. The second kappa shape index (κ2) is 4.99. The van der Waals surface area contributed by atoms with Crippen molar-refractivity contribution < 1.29 is 19.3 Å².